The van der Waals surface area contributed by atoms with Crippen LogP contribution in [0.4, 0.5) is 10.1 Å². The van der Waals surface area contributed by atoms with Gasteiger partial charge < -0.3 is 10.2 Å². The van der Waals surface area contributed by atoms with Crippen molar-refractivity contribution in [2.45, 2.75) is 25.4 Å². The lowest BCUT2D eigenvalue weighted by atomic mass is 10.2. The zero-order valence-corrected chi connectivity index (χ0v) is 12.4. The Hall–Kier alpha value is -2.20. The number of nitrogens with one attached hydrogen (secondary N) is 2. The number of rotatable bonds is 6. The monoisotopic (exact) mass is 299 g/mol. The van der Waals surface area contributed by atoms with Crippen LogP contribution in [0.3, 0.4) is 0 Å². The number of halogens is 1. The maximum atomic E-state index is 13.0. The van der Waals surface area contributed by atoms with Crippen LogP contribution in [0.25, 0.3) is 0 Å². The van der Waals surface area contributed by atoms with Crippen molar-refractivity contribution in [1.29, 1.82) is 0 Å². The van der Waals surface area contributed by atoms with Crippen molar-refractivity contribution in [1.82, 2.24) is 0 Å². The third kappa shape index (κ3) is 4.15. The number of anilines is 1. The zero-order valence-electron chi connectivity index (χ0n) is 12.4. The fourth-order valence-corrected chi connectivity index (χ4v) is 2.64. The zero-order chi connectivity index (χ0) is 15.4. The van der Waals surface area contributed by atoms with Crippen molar-refractivity contribution in [3.05, 3.63) is 66.0 Å². The van der Waals surface area contributed by atoms with E-state index in [9.17, 15) is 9.18 Å². The van der Waals surface area contributed by atoms with Gasteiger partial charge in [0.15, 0.2) is 6.54 Å². The summed E-state index contributed by atoms with van der Waals surface area (Å²) in [5.74, 6) is -0.200. The summed E-state index contributed by atoms with van der Waals surface area (Å²) in [6.07, 6.45) is 2.32. The van der Waals surface area contributed by atoms with Gasteiger partial charge in [-0.1, -0.05) is 30.3 Å². The van der Waals surface area contributed by atoms with E-state index in [1.54, 1.807) is 12.1 Å². The fourth-order valence-electron chi connectivity index (χ4n) is 2.64. The molecule has 0 aromatic heterocycles. The summed E-state index contributed by atoms with van der Waals surface area (Å²) in [6, 6.07) is 16.6. The second kappa shape index (κ2) is 6.71. The highest BCUT2D eigenvalue weighted by Gasteiger charge is 2.34. The molecule has 4 heteroatoms. The van der Waals surface area contributed by atoms with Crippen LogP contribution in [0.15, 0.2) is 54.6 Å². The van der Waals surface area contributed by atoms with E-state index < -0.39 is 0 Å². The fraction of sp³-hybridized carbons (Fsp3) is 0.278. The van der Waals surface area contributed by atoms with Crippen LogP contribution in [0.1, 0.15) is 18.4 Å². The van der Waals surface area contributed by atoms with E-state index in [0.29, 0.717) is 12.6 Å². The van der Waals surface area contributed by atoms with Crippen LogP contribution >= 0.6 is 0 Å². The highest BCUT2D eigenvalue weighted by Crippen LogP contribution is 2.16. The van der Waals surface area contributed by atoms with Gasteiger partial charge in [-0.2, -0.15) is 0 Å². The van der Waals surface area contributed by atoms with E-state index in [1.165, 1.54) is 17.0 Å². The minimum absolute atomic E-state index is 0.0233. The van der Waals surface area contributed by atoms with Crippen molar-refractivity contribution in [3.63, 3.8) is 0 Å². The number of quaternary nitrogens is 1. The van der Waals surface area contributed by atoms with Gasteiger partial charge in [-0.05, 0) is 24.3 Å². The molecule has 0 saturated heterocycles. The Kier molecular flexibility index (Phi) is 4.49. The molecule has 1 atom stereocenters. The lowest BCUT2D eigenvalue weighted by molar-refractivity contribution is -0.916. The minimum atomic E-state index is -0.224. The van der Waals surface area contributed by atoms with Gasteiger partial charge in [0, 0.05) is 24.1 Å². The van der Waals surface area contributed by atoms with E-state index in [1.807, 2.05) is 30.3 Å². The Morgan fingerprint density at radius 1 is 1.09 bits per heavy atom. The van der Waals surface area contributed by atoms with Crippen LogP contribution in [0.2, 0.25) is 0 Å². The Balaban J connectivity index is 1.59. The summed E-state index contributed by atoms with van der Waals surface area (Å²) in [5.41, 5.74) is 1.89. The summed E-state index contributed by atoms with van der Waals surface area (Å²) in [6.45, 7) is 1.20. The summed E-state index contributed by atoms with van der Waals surface area (Å²) < 4.78 is 13.0. The first kappa shape index (κ1) is 14.7. The van der Waals surface area contributed by atoms with Crippen LogP contribution in [0, 0.1) is 5.82 Å². The van der Waals surface area contributed by atoms with E-state index >= 15 is 0 Å². The predicted octanol–water partition coefficient (Wildman–Crippen LogP) is 2.01. The third-order valence-corrected chi connectivity index (χ3v) is 3.94. The second-order valence-electron chi connectivity index (χ2n) is 5.83. The Morgan fingerprint density at radius 2 is 1.77 bits per heavy atom. The molecule has 1 aliphatic carbocycles. The third-order valence-electron chi connectivity index (χ3n) is 3.94. The molecule has 1 saturated carbocycles. The van der Waals surface area contributed by atoms with E-state index in [2.05, 4.69) is 5.32 Å². The molecule has 1 fully saturated rings. The number of carbonyl (C=O) groups excluding carboxylic acids is 1. The van der Waals surface area contributed by atoms with Crippen LogP contribution in [0.5, 0.6) is 0 Å². The SMILES string of the molecule is O=C(C[NH+](Cc1ccc(F)cc1)C1CC1)Nc1ccccc1. The van der Waals surface area contributed by atoms with Gasteiger partial charge in [-0.25, -0.2) is 4.39 Å². The van der Waals surface area contributed by atoms with Gasteiger partial charge in [0.2, 0.25) is 0 Å². The van der Waals surface area contributed by atoms with Crippen LogP contribution < -0.4 is 10.2 Å². The van der Waals surface area contributed by atoms with Gasteiger partial charge >= 0.3 is 0 Å². The topological polar surface area (TPSA) is 33.5 Å². The Bertz CT molecular complexity index is 623. The molecule has 114 valence electrons. The largest absolute Gasteiger partial charge is 0.321 e. The van der Waals surface area contributed by atoms with Crippen molar-refractivity contribution in [3.8, 4) is 0 Å². The molecule has 2 aromatic carbocycles. The quantitative estimate of drug-likeness (QED) is 0.840. The molecule has 3 rings (SSSR count). The molecule has 22 heavy (non-hydrogen) atoms. The molecule has 0 radical (unpaired) electrons. The predicted molar refractivity (Wildman–Crippen MR) is 84.0 cm³/mol. The number of hydrogen-bond donors (Lipinski definition) is 2. The lowest BCUT2D eigenvalue weighted by Gasteiger charge is -2.19. The molecule has 2 N–H and O–H groups in total. The van der Waals surface area contributed by atoms with Gasteiger partial charge in [-0.15, -0.1) is 0 Å². The number of amides is 1. The molecule has 0 bridgehead atoms. The molecule has 1 unspecified atom stereocenters. The molecule has 0 aliphatic heterocycles. The van der Waals surface area contributed by atoms with E-state index in [4.69, 9.17) is 0 Å². The molecule has 2 aromatic rings. The standard InChI is InChI=1S/C18H19FN2O/c19-15-8-6-14(7-9-15)12-21(17-10-11-17)13-18(22)20-16-4-2-1-3-5-16/h1-9,17H,10-13H2,(H,20,22)/p+1. The molecule has 1 aliphatic rings. The highest BCUT2D eigenvalue weighted by atomic mass is 19.1. The van der Waals surface area contributed by atoms with E-state index in [-0.39, 0.29) is 11.7 Å². The smallest absolute Gasteiger partial charge is 0.279 e. The summed E-state index contributed by atoms with van der Waals surface area (Å²) in [5, 5.41) is 2.93. The number of benzene rings is 2. The average molecular weight is 299 g/mol. The average Bonchev–Trinajstić information content (AvgIpc) is 3.34. The van der Waals surface area contributed by atoms with Crippen molar-refractivity contribution in [2.75, 3.05) is 11.9 Å². The Morgan fingerprint density at radius 3 is 2.41 bits per heavy atom. The van der Waals surface area contributed by atoms with Gasteiger partial charge in [0.05, 0.1) is 6.04 Å². The second-order valence-corrected chi connectivity index (χ2v) is 5.83. The minimum Gasteiger partial charge on any atom is -0.321 e. The molecular formula is C18H20FN2O+. The summed E-state index contributed by atoms with van der Waals surface area (Å²) in [7, 11) is 0. The normalized spacial score (nSPS) is 15.3. The maximum absolute atomic E-state index is 13.0. The highest BCUT2D eigenvalue weighted by molar-refractivity contribution is 5.91. The molecular weight excluding hydrogens is 279 g/mol. The first-order valence-electron chi connectivity index (χ1n) is 7.64. The first-order chi connectivity index (χ1) is 10.7. The van der Waals surface area contributed by atoms with E-state index in [0.717, 1.165) is 30.6 Å². The Labute approximate surface area is 129 Å². The first-order valence-corrected chi connectivity index (χ1v) is 7.64. The maximum Gasteiger partial charge on any atom is 0.279 e. The van der Waals surface area contributed by atoms with Gasteiger partial charge in [0.1, 0.15) is 12.4 Å². The summed E-state index contributed by atoms with van der Waals surface area (Å²) in [4.78, 5) is 13.5. The van der Waals surface area contributed by atoms with Crippen molar-refractivity contribution < 1.29 is 14.1 Å². The lowest BCUT2D eigenvalue weighted by Crippen LogP contribution is -3.13. The molecule has 1 amide bonds. The molecule has 0 heterocycles. The molecule has 3 nitrogen and oxygen atoms in total. The van der Waals surface area contributed by atoms with Gasteiger partial charge in [-0.3, -0.25) is 4.79 Å². The summed E-state index contributed by atoms with van der Waals surface area (Å²) >= 11 is 0. The van der Waals surface area contributed by atoms with Crippen molar-refractivity contribution in [2.24, 2.45) is 0 Å². The van der Waals surface area contributed by atoms with Gasteiger partial charge in [0.25, 0.3) is 5.91 Å². The number of hydrogen-bond acceptors (Lipinski definition) is 1. The van der Waals surface area contributed by atoms with Crippen LogP contribution in [-0.4, -0.2) is 18.5 Å². The number of carbonyl (C=O) groups is 1. The molecule has 0 spiro atoms. The van der Waals surface area contributed by atoms with Crippen LogP contribution in [-0.2, 0) is 11.3 Å². The van der Waals surface area contributed by atoms with Crippen molar-refractivity contribution >= 4 is 11.6 Å². The number of para-hydroxylation sites is 1.